The van der Waals surface area contributed by atoms with E-state index in [4.69, 9.17) is 0 Å². The highest BCUT2D eigenvalue weighted by molar-refractivity contribution is 7.22. The molecule has 2 aromatic rings. The second-order valence-electron chi connectivity index (χ2n) is 3.87. The minimum atomic E-state index is 0.892. The van der Waals surface area contributed by atoms with Crippen molar-refractivity contribution < 1.29 is 0 Å². The number of piperidine rings is 1. The van der Waals surface area contributed by atoms with Gasteiger partial charge in [-0.1, -0.05) is 11.3 Å². The Kier molecular flexibility index (Phi) is 2.29. The lowest BCUT2D eigenvalue weighted by Crippen LogP contribution is -2.29. The standard InChI is InChI=1S/C11H13N3S/c1-2-7-14(8-3-1)11-13-10-9(15-11)5-4-6-12-10/h4-6H,1-3,7-8H2. The van der Waals surface area contributed by atoms with Crippen LogP contribution in [0, 0.1) is 0 Å². The van der Waals surface area contributed by atoms with Crippen LogP contribution in [0.2, 0.25) is 0 Å². The van der Waals surface area contributed by atoms with Gasteiger partial charge in [-0.2, -0.15) is 4.98 Å². The lowest BCUT2D eigenvalue weighted by Gasteiger charge is -2.25. The van der Waals surface area contributed by atoms with Crippen LogP contribution in [0.25, 0.3) is 10.3 Å². The molecule has 0 radical (unpaired) electrons. The zero-order valence-electron chi connectivity index (χ0n) is 8.52. The van der Waals surface area contributed by atoms with E-state index >= 15 is 0 Å². The van der Waals surface area contributed by atoms with Gasteiger partial charge in [0, 0.05) is 19.3 Å². The van der Waals surface area contributed by atoms with E-state index in [9.17, 15) is 0 Å². The number of pyridine rings is 1. The molecule has 0 N–H and O–H groups in total. The zero-order valence-corrected chi connectivity index (χ0v) is 9.33. The van der Waals surface area contributed by atoms with Crippen LogP contribution in [0.15, 0.2) is 18.3 Å². The van der Waals surface area contributed by atoms with Crippen molar-refractivity contribution in [3.8, 4) is 0 Å². The van der Waals surface area contributed by atoms with Crippen molar-refractivity contribution in [3.63, 3.8) is 0 Å². The molecule has 1 saturated heterocycles. The van der Waals surface area contributed by atoms with Gasteiger partial charge in [0.25, 0.3) is 0 Å². The van der Waals surface area contributed by atoms with Crippen LogP contribution in [-0.2, 0) is 0 Å². The molecule has 0 amide bonds. The van der Waals surface area contributed by atoms with E-state index in [1.807, 2.05) is 12.3 Å². The van der Waals surface area contributed by atoms with Crippen LogP contribution in [0.3, 0.4) is 0 Å². The van der Waals surface area contributed by atoms with Crippen LogP contribution in [0.4, 0.5) is 5.13 Å². The maximum atomic E-state index is 4.57. The van der Waals surface area contributed by atoms with Crippen molar-refractivity contribution >= 4 is 26.8 Å². The molecule has 0 aromatic carbocycles. The van der Waals surface area contributed by atoms with Crippen LogP contribution in [0.5, 0.6) is 0 Å². The van der Waals surface area contributed by atoms with Crippen molar-refractivity contribution in [2.75, 3.05) is 18.0 Å². The highest BCUT2D eigenvalue weighted by Gasteiger charge is 2.14. The third-order valence-electron chi connectivity index (χ3n) is 2.78. The molecule has 0 aliphatic carbocycles. The van der Waals surface area contributed by atoms with Crippen LogP contribution >= 0.6 is 11.3 Å². The Bertz CT molecular complexity index is 427. The van der Waals surface area contributed by atoms with E-state index in [-0.39, 0.29) is 0 Å². The SMILES string of the molecule is c1cnc2nc(N3CCCCC3)sc2c1. The molecule has 78 valence electrons. The molecular weight excluding hydrogens is 206 g/mol. The van der Waals surface area contributed by atoms with Gasteiger partial charge >= 0.3 is 0 Å². The predicted molar refractivity (Wildman–Crippen MR) is 63.5 cm³/mol. The average Bonchev–Trinajstić information content (AvgIpc) is 2.74. The summed E-state index contributed by atoms with van der Waals surface area (Å²) in [5, 5.41) is 1.14. The maximum absolute atomic E-state index is 4.57. The number of anilines is 1. The van der Waals surface area contributed by atoms with Gasteiger partial charge in [-0.15, -0.1) is 0 Å². The van der Waals surface area contributed by atoms with Gasteiger partial charge in [0.15, 0.2) is 10.8 Å². The number of nitrogens with zero attached hydrogens (tertiary/aromatic N) is 3. The first-order valence-electron chi connectivity index (χ1n) is 5.40. The number of thiazole rings is 1. The second kappa shape index (κ2) is 3.77. The summed E-state index contributed by atoms with van der Waals surface area (Å²) in [6.07, 6.45) is 5.76. The number of rotatable bonds is 1. The number of hydrogen-bond acceptors (Lipinski definition) is 4. The average molecular weight is 219 g/mol. The smallest absolute Gasteiger partial charge is 0.188 e. The maximum Gasteiger partial charge on any atom is 0.188 e. The first kappa shape index (κ1) is 9.09. The number of fused-ring (bicyclic) bond motifs is 1. The van der Waals surface area contributed by atoms with E-state index in [0.717, 1.165) is 23.9 Å². The molecule has 1 fully saturated rings. The minimum absolute atomic E-state index is 0.892. The molecular formula is C11H13N3S. The van der Waals surface area contributed by atoms with E-state index in [1.165, 1.54) is 24.0 Å². The van der Waals surface area contributed by atoms with Gasteiger partial charge in [-0.25, -0.2) is 4.98 Å². The summed E-state index contributed by atoms with van der Waals surface area (Å²) < 4.78 is 1.19. The van der Waals surface area contributed by atoms with Crippen molar-refractivity contribution in [1.29, 1.82) is 0 Å². The molecule has 0 spiro atoms. The summed E-state index contributed by atoms with van der Waals surface area (Å²) in [5.41, 5.74) is 0.892. The lowest BCUT2D eigenvalue weighted by molar-refractivity contribution is 0.577. The normalized spacial score (nSPS) is 17.2. The Labute approximate surface area is 92.8 Å². The lowest BCUT2D eigenvalue weighted by atomic mass is 10.1. The molecule has 3 nitrogen and oxygen atoms in total. The Hall–Kier alpha value is -1.16. The predicted octanol–water partition coefficient (Wildman–Crippen LogP) is 2.68. The summed E-state index contributed by atoms with van der Waals surface area (Å²) in [6, 6.07) is 4.06. The monoisotopic (exact) mass is 219 g/mol. The van der Waals surface area contributed by atoms with Crippen LogP contribution in [0.1, 0.15) is 19.3 Å². The third kappa shape index (κ3) is 1.69. The fraction of sp³-hybridized carbons (Fsp3) is 0.455. The Balaban J connectivity index is 1.96. The molecule has 3 heterocycles. The van der Waals surface area contributed by atoms with E-state index in [1.54, 1.807) is 11.3 Å². The molecule has 0 atom stereocenters. The van der Waals surface area contributed by atoms with Gasteiger partial charge in [0.2, 0.25) is 0 Å². The molecule has 1 aliphatic rings. The van der Waals surface area contributed by atoms with Crippen molar-refractivity contribution in [2.24, 2.45) is 0 Å². The van der Waals surface area contributed by atoms with Gasteiger partial charge < -0.3 is 4.90 Å². The molecule has 0 unspecified atom stereocenters. The highest BCUT2D eigenvalue weighted by atomic mass is 32.1. The van der Waals surface area contributed by atoms with E-state index in [0.29, 0.717) is 0 Å². The van der Waals surface area contributed by atoms with E-state index in [2.05, 4.69) is 20.9 Å². The molecule has 15 heavy (non-hydrogen) atoms. The summed E-state index contributed by atoms with van der Waals surface area (Å²) in [6.45, 7) is 2.31. The van der Waals surface area contributed by atoms with Crippen molar-refractivity contribution in [3.05, 3.63) is 18.3 Å². The van der Waals surface area contributed by atoms with Gasteiger partial charge in [-0.3, -0.25) is 0 Å². The van der Waals surface area contributed by atoms with Crippen LogP contribution in [-0.4, -0.2) is 23.1 Å². The van der Waals surface area contributed by atoms with Crippen LogP contribution < -0.4 is 4.90 Å². The van der Waals surface area contributed by atoms with E-state index < -0.39 is 0 Å². The zero-order chi connectivity index (χ0) is 10.1. The van der Waals surface area contributed by atoms with Gasteiger partial charge in [-0.05, 0) is 31.4 Å². The second-order valence-corrected chi connectivity index (χ2v) is 4.88. The minimum Gasteiger partial charge on any atom is -0.348 e. The Morgan fingerprint density at radius 2 is 2.07 bits per heavy atom. The first-order chi connectivity index (χ1) is 7.43. The van der Waals surface area contributed by atoms with Gasteiger partial charge in [0.1, 0.15) is 0 Å². The number of aromatic nitrogens is 2. The summed E-state index contributed by atoms with van der Waals surface area (Å²) in [4.78, 5) is 11.2. The Morgan fingerprint density at radius 3 is 2.87 bits per heavy atom. The van der Waals surface area contributed by atoms with Crippen molar-refractivity contribution in [1.82, 2.24) is 9.97 Å². The topological polar surface area (TPSA) is 29.0 Å². The molecule has 1 aliphatic heterocycles. The largest absolute Gasteiger partial charge is 0.348 e. The first-order valence-corrected chi connectivity index (χ1v) is 6.22. The molecule has 0 saturated carbocycles. The fourth-order valence-corrected chi connectivity index (χ4v) is 2.95. The molecule has 4 heteroatoms. The molecule has 3 rings (SSSR count). The summed E-state index contributed by atoms with van der Waals surface area (Å²) in [5.74, 6) is 0. The number of hydrogen-bond donors (Lipinski definition) is 0. The summed E-state index contributed by atoms with van der Waals surface area (Å²) in [7, 11) is 0. The molecule has 0 bridgehead atoms. The highest BCUT2D eigenvalue weighted by Crippen LogP contribution is 2.28. The van der Waals surface area contributed by atoms with Crippen molar-refractivity contribution in [2.45, 2.75) is 19.3 Å². The Morgan fingerprint density at radius 1 is 1.20 bits per heavy atom. The quantitative estimate of drug-likeness (QED) is 0.738. The fourth-order valence-electron chi connectivity index (χ4n) is 1.98. The van der Waals surface area contributed by atoms with Gasteiger partial charge in [0.05, 0.1) is 4.70 Å². The molecule has 2 aromatic heterocycles. The summed E-state index contributed by atoms with van der Waals surface area (Å²) >= 11 is 1.76. The third-order valence-corrected chi connectivity index (χ3v) is 3.85.